The lowest BCUT2D eigenvalue weighted by Crippen LogP contribution is -2.51. The fourth-order valence-electron chi connectivity index (χ4n) is 5.51. The largest absolute Gasteiger partial charge is 0.481 e. The van der Waals surface area contributed by atoms with Gasteiger partial charge in [-0.15, -0.1) is 5.10 Å². The molecule has 7 N–H and O–H groups in total. The fraction of sp³-hybridized carbons (Fsp3) is 0.667. The molecule has 1 heterocycles. The van der Waals surface area contributed by atoms with Gasteiger partial charge < -0.3 is 74.5 Å². The lowest BCUT2D eigenvalue weighted by molar-refractivity contribution is -0.393. The van der Waals surface area contributed by atoms with Gasteiger partial charge in [-0.3, -0.25) is 29.8 Å². The van der Waals surface area contributed by atoms with Crippen molar-refractivity contribution in [1.29, 1.82) is 0 Å². The average molecular weight is 1100 g/mol. The molecule has 0 unspecified atom stereocenters. The normalized spacial score (nSPS) is 12.0. The van der Waals surface area contributed by atoms with Crippen molar-refractivity contribution in [2.75, 3.05) is 118 Å². The molecule has 0 aliphatic rings. The van der Waals surface area contributed by atoms with Crippen LogP contribution in [0.5, 0.6) is 0 Å². The third kappa shape index (κ3) is 27.9. The van der Waals surface area contributed by atoms with Crippen LogP contribution in [0.1, 0.15) is 37.8 Å². The van der Waals surface area contributed by atoms with Gasteiger partial charge in [0.15, 0.2) is 0 Å². The number of unbranched alkanes of at least 4 members (excludes halogenated alkanes) is 1. The monoisotopic (exact) mass is 1100 g/mol. The van der Waals surface area contributed by atoms with Gasteiger partial charge in [-0.2, -0.15) is 0 Å². The molecule has 69 heavy (non-hydrogen) atoms. The predicted molar refractivity (Wildman–Crippen MR) is 245 cm³/mol. The number of halogens is 1. The second-order valence-corrected chi connectivity index (χ2v) is 15.2. The van der Waals surface area contributed by atoms with E-state index in [2.05, 4.69) is 31.6 Å². The first-order valence-electron chi connectivity index (χ1n) is 21.6. The van der Waals surface area contributed by atoms with E-state index >= 15 is 0 Å². The number of carboxylic acids is 3. The minimum Gasteiger partial charge on any atom is -0.481 e. The summed E-state index contributed by atoms with van der Waals surface area (Å²) in [5.41, 5.74) is -0.00637. The highest BCUT2D eigenvalue weighted by atomic mass is 127. The molecule has 3 amide bonds. The molecular formula is C39H60IN9O20. The first-order valence-corrected chi connectivity index (χ1v) is 22.6. The zero-order valence-corrected chi connectivity index (χ0v) is 39.9. The fourth-order valence-corrected chi connectivity index (χ4v) is 6.04. The Bertz CT molecular complexity index is 1880. The van der Waals surface area contributed by atoms with Crippen molar-refractivity contribution in [3.05, 3.63) is 47.8 Å². The van der Waals surface area contributed by atoms with E-state index in [4.69, 9.17) is 43.0 Å². The molecule has 1 aromatic heterocycles. The van der Waals surface area contributed by atoms with Crippen molar-refractivity contribution in [2.24, 2.45) is 0 Å². The van der Waals surface area contributed by atoms with E-state index in [1.54, 1.807) is 0 Å². The van der Waals surface area contributed by atoms with E-state index in [1.807, 2.05) is 22.6 Å². The van der Waals surface area contributed by atoms with Gasteiger partial charge in [0, 0.05) is 25.6 Å². The number of non-ortho nitro benzene ring substituents is 1. The molecule has 0 spiro atoms. The quantitative estimate of drug-likeness (QED) is 0.0209. The maximum Gasteiger partial charge on any atom is 0.326 e. The molecule has 2 atom stereocenters. The molecule has 29 nitrogen and oxygen atoms in total. The Morgan fingerprint density at radius 3 is 1.64 bits per heavy atom. The summed E-state index contributed by atoms with van der Waals surface area (Å²) < 4.78 is 45.9. The van der Waals surface area contributed by atoms with Crippen LogP contribution in [-0.2, 0) is 70.2 Å². The summed E-state index contributed by atoms with van der Waals surface area (Å²) in [6.45, 7) is 5.63. The van der Waals surface area contributed by atoms with E-state index in [0.29, 0.717) is 108 Å². The van der Waals surface area contributed by atoms with Crippen LogP contribution in [0.2, 0.25) is 0 Å². The van der Waals surface area contributed by atoms with Crippen LogP contribution in [0.25, 0.3) is 0 Å². The topological polar surface area (TPSA) is 385 Å². The molecule has 0 aliphatic carbocycles. The van der Waals surface area contributed by atoms with Crippen molar-refractivity contribution < 1.29 is 87.0 Å². The van der Waals surface area contributed by atoms with Crippen molar-refractivity contribution in [3.8, 4) is 0 Å². The van der Waals surface area contributed by atoms with E-state index < -0.39 is 52.3 Å². The molecular weight excluding hydrogens is 1040 g/mol. The predicted octanol–water partition coefficient (Wildman–Crippen LogP) is 0.801. The van der Waals surface area contributed by atoms with E-state index in [0.717, 1.165) is 6.07 Å². The van der Waals surface area contributed by atoms with Crippen molar-refractivity contribution in [1.82, 2.24) is 30.9 Å². The van der Waals surface area contributed by atoms with Gasteiger partial charge >= 0.3 is 23.9 Å². The number of benzene rings is 1. The van der Waals surface area contributed by atoms with Crippen LogP contribution in [-0.4, -0.2) is 194 Å². The smallest absolute Gasteiger partial charge is 0.326 e. The molecule has 1 aromatic carbocycles. The Hall–Kier alpha value is -5.48. The third-order valence-corrected chi connectivity index (χ3v) is 9.81. The van der Waals surface area contributed by atoms with Gasteiger partial charge in [0.2, 0.25) is 5.91 Å². The van der Waals surface area contributed by atoms with Crippen LogP contribution >= 0.6 is 22.6 Å². The number of nitro groups is 2. The molecule has 30 heteroatoms. The van der Waals surface area contributed by atoms with Crippen LogP contribution < -0.4 is 21.3 Å². The number of rotatable bonds is 43. The van der Waals surface area contributed by atoms with Crippen molar-refractivity contribution >= 4 is 69.5 Å². The molecule has 2 aromatic rings. The first-order chi connectivity index (χ1) is 33.2. The summed E-state index contributed by atoms with van der Waals surface area (Å²) in [5, 5.41) is 67.2. The molecule has 2 rings (SSSR count). The van der Waals surface area contributed by atoms with Crippen LogP contribution in [0.15, 0.2) is 18.2 Å². The second kappa shape index (κ2) is 36.5. The van der Waals surface area contributed by atoms with Crippen molar-refractivity contribution in [2.45, 2.75) is 57.3 Å². The Labute approximate surface area is 408 Å². The number of hydrogen-bond donors (Lipinski definition) is 7. The van der Waals surface area contributed by atoms with Gasteiger partial charge in [0.25, 0.3) is 11.4 Å². The number of amides is 3. The minimum atomic E-state index is -1.51. The molecule has 0 bridgehead atoms. The van der Waals surface area contributed by atoms with Crippen molar-refractivity contribution in [3.63, 3.8) is 0 Å². The maximum absolute atomic E-state index is 12.6. The minimum absolute atomic E-state index is 0.0139. The van der Waals surface area contributed by atoms with Gasteiger partial charge in [0.1, 0.15) is 28.0 Å². The highest BCUT2D eigenvalue weighted by Gasteiger charge is 2.25. The number of carbonyl (C=O) groups excluding carboxylic acids is 2. The third-order valence-electron chi connectivity index (χ3n) is 8.97. The molecule has 0 saturated heterocycles. The van der Waals surface area contributed by atoms with Gasteiger partial charge in [-0.1, -0.05) is 5.21 Å². The Balaban J connectivity index is 1.38. The number of carboxylic acid groups (broad SMARTS) is 3. The second-order valence-electron chi connectivity index (χ2n) is 14.1. The first kappa shape index (κ1) is 59.6. The van der Waals surface area contributed by atoms with Gasteiger partial charge in [0.05, 0.1) is 127 Å². The Morgan fingerprint density at radius 2 is 1.16 bits per heavy atom. The van der Waals surface area contributed by atoms with Crippen LogP contribution in [0.3, 0.4) is 0 Å². The Morgan fingerprint density at radius 1 is 0.667 bits per heavy atom. The highest BCUT2D eigenvalue weighted by molar-refractivity contribution is 14.1. The number of carbonyl (C=O) groups is 5. The highest BCUT2D eigenvalue weighted by Crippen LogP contribution is 2.28. The number of ether oxygens (including phenoxy) is 8. The summed E-state index contributed by atoms with van der Waals surface area (Å²) in [4.78, 5) is 79.0. The molecule has 0 aliphatic heterocycles. The molecule has 0 radical (unpaired) electrons. The number of anilines is 1. The number of hydrogen-bond acceptors (Lipinski definition) is 20. The number of urea groups is 1. The molecule has 0 saturated carbocycles. The molecule has 0 fully saturated rings. The van der Waals surface area contributed by atoms with E-state index in [1.165, 1.54) is 16.8 Å². The summed E-state index contributed by atoms with van der Waals surface area (Å²) >= 11 is 1.98. The maximum atomic E-state index is 12.6. The van der Waals surface area contributed by atoms with E-state index in [-0.39, 0.29) is 75.3 Å². The lowest BCUT2D eigenvalue weighted by atomic mass is 10.1. The van der Waals surface area contributed by atoms with Gasteiger partial charge in [-0.05, 0) is 54.3 Å². The van der Waals surface area contributed by atoms with Crippen LogP contribution in [0.4, 0.5) is 21.9 Å². The average Bonchev–Trinajstić information content (AvgIpc) is 3.64. The summed E-state index contributed by atoms with van der Waals surface area (Å²) in [6.07, 6.45) is -0.238. The number of nitro benzene ring substituents is 2. The number of aromatic nitrogens is 3. The van der Waals surface area contributed by atoms with Crippen LogP contribution in [0, 0.1) is 23.9 Å². The zero-order chi connectivity index (χ0) is 50.7. The zero-order valence-electron chi connectivity index (χ0n) is 37.8. The standard InChI is InChI=1S/C39H60IN9O20/c40-36-33(47(46-45-36)26-34(50)42-8-2-1-3-30(37(53)54)43-39(57)44-31(38(55)56)6-7-35(51)52)27-69-24-23-68-22-21-67-20-19-66-18-17-65-16-15-64-14-13-63-12-11-62-10-9-41-29-5-4-28(48(58)59)25-32(29)49(60)61/h4-5,25,30-31,41H,1-3,6-24,26-27H2,(H,42,50)(H,51,52)(H,53,54)(H,55,56)(H2,43,44,57)/t30-,31-/m0/s1. The number of aliphatic carboxylic acids is 3. The van der Waals surface area contributed by atoms with E-state index in [9.17, 15) is 54.4 Å². The summed E-state index contributed by atoms with van der Waals surface area (Å²) in [7, 11) is 0. The summed E-state index contributed by atoms with van der Waals surface area (Å²) in [5.74, 6) is -4.43. The van der Waals surface area contributed by atoms with Gasteiger partial charge in [-0.25, -0.2) is 19.1 Å². The Kier molecular flexibility index (Phi) is 31.5. The summed E-state index contributed by atoms with van der Waals surface area (Å²) in [6, 6.07) is -0.547. The molecule has 388 valence electrons. The SMILES string of the molecule is O=C(O)CC[C@H](NC(=O)N[C@@H](CCCCNC(=O)Cn1nnc(I)c1COCCOCCOCCOCCOCCOCCOCCOCCNc1ccc([N+](=O)[O-])cc1[N+](=O)[O-])C(=O)O)C(=O)O. The number of nitrogens with zero attached hydrogens (tertiary/aromatic N) is 5. The number of nitrogens with one attached hydrogen (secondary N) is 4. The lowest BCUT2D eigenvalue weighted by Gasteiger charge is -2.18.